The molecule has 1 N–H and O–H groups in total. The summed E-state index contributed by atoms with van der Waals surface area (Å²) >= 11 is 0. The number of rotatable bonds is 2. The Labute approximate surface area is 143 Å². The molecule has 0 heterocycles. The first kappa shape index (κ1) is 16.2. The molecule has 25 heavy (non-hydrogen) atoms. The van der Waals surface area contributed by atoms with E-state index >= 15 is 0 Å². The van der Waals surface area contributed by atoms with Crippen LogP contribution in [0.25, 0.3) is 16.3 Å². The summed E-state index contributed by atoms with van der Waals surface area (Å²) in [6.07, 6.45) is 1.86. The van der Waals surface area contributed by atoms with Gasteiger partial charge < -0.3 is 5.32 Å². The standard InChI is InChI=1S/C20H18F3NO/c21-20(22,23)16-11-18(25)15-8-4-7-14-17(10-9-13(16)19(14)15)24-12-5-2-1-3-6-12/h4,7-12,24H,1-3,5-6H2. The van der Waals surface area contributed by atoms with E-state index in [1.165, 1.54) is 25.3 Å². The Morgan fingerprint density at radius 3 is 2.44 bits per heavy atom. The van der Waals surface area contributed by atoms with Crippen molar-refractivity contribution in [2.75, 3.05) is 5.32 Å². The van der Waals surface area contributed by atoms with Crippen LogP contribution in [0.5, 0.6) is 0 Å². The van der Waals surface area contributed by atoms with E-state index in [0.717, 1.165) is 18.5 Å². The smallest absolute Gasteiger partial charge is 0.382 e. The molecule has 5 heteroatoms. The molecule has 2 aromatic rings. The lowest BCUT2D eigenvalue weighted by molar-refractivity contribution is -0.0689. The monoisotopic (exact) mass is 345 g/mol. The molecule has 0 bridgehead atoms. The number of benzene rings is 2. The molecule has 0 aromatic heterocycles. The first-order valence-corrected chi connectivity index (χ1v) is 8.61. The Balaban J connectivity index is 1.86. The number of anilines is 1. The fraction of sp³-hybridized carbons (Fsp3) is 0.350. The lowest BCUT2D eigenvalue weighted by Gasteiger charge is -2.26. The number of carbonyl (C=O) groups is 1. The quantitative estimate of drug-likeness (QED) is 0.753. The van der Waals surface area contributed by atoms with Gasteiger partial charge in [-0.2, -0.15) is 13.2 Å². The molecule has 2 nitrogen and oxygen atoms in total. The number of halogens is 3. The molecule has 0 radical (unpaired) electrons. The van der Waals surface area contributed by atoms with Crippen LogP contribution in [0.15, 0.2) is 36.4 Å². The van der Waals surface area contributed by atoms with E-state index in [1.54, 1.807) is 24.3 Å². The van der Waals surface area contributed by atoms with Crippen LogP contribution in [0, 0.1) is 0 Å². The lowest BCUT2D eigenvalue weighted by atomic mass is 9.86. The Morgan fingerprint density at radius 1 is 0.960 bits per heavy atom. The van der Waals surface area contributed by atoms with E-state index in [2.05, 4.69) is 5.32 Å². The van der Waals surface area contributed by atoms with Gasteiger partial charge in [0.15, 0.2) is 5.78 Å². The maximum absolute atomic E-state index is 13.4. The lowest BCUT2D eigenvalue weighted by Crippen LogP contribution is -2.23. The molecule has 2 aliphatic carbocycles. The normalized spacial score (nSPS) is 18.4. The van der Waals surface area contributed by atoms with Crippen LogP contribution in [0.4, 0.5) is 18.9 Å². The first-order chi connectivity index (χ1) is 11.9. The van der Waals surface area contributed by atoms with Crippen molar-refractivity contribution in [3.05, 3.63) is 47.5 Å². The van der Waals surface area contributed by atoms with Gasteiger partial charge in [-0.3, -0.25) is 4.79 Å². The number of allylic oxidation sites excluding steroid dienone is 2. The zero-order valence-corrected chi connectivity index (χ0v) is 13.6. The van der Waals surface area contributed by atoms with Gasteiger partial charge >= 0.3 is 6.18 Å². The van der Waals surface area contributed by atoms with Crippen LogP contribution in [0.3, 0.4) is 0 Å². The average Bonchev–Trinajstić information content (AvgIpc) is 2.59. The molecule has 0 unspecified atom stereocenters. The number of ketones is 1. The highest BCUT2D eigenvalue weighted by Crippen LogP contribution is 2.43. The SMILES string of the molecule is O=C1C=C(C(F)(F)F)c2ccc(NC3CCCCC3)c3cccc1c23. The highest BCUT2D eigenvalue weighted by atomic mass is 19.4. The second-order valence-electron chi connectivity index (χ2n) is 6.79. The fourth-order valence-corrected chi connectivity index (χ4v) is 3.95. The third kappa shape index (κ3) is 2.81. The zero-order valence-electron chi connectivity index (χ0n) is 13.6. The molecule has 0 atom stereocenters. The van der Waals surface area contributed by atoms with E-state index in [-0.39, 0.29) is 5.56 Å². The van der Waals surface area contributed by atoms with Gasteiger partial charge in [-0.15, -0.1) is 0 Å². The van der Waals surface area contributed by atoms with Gasteiger partial charge in [0.25, 0.3) is 0 Å². The second kappa shape index (κ2) is 5.90. The molecular weight excluding hydrogens is 327 g/mol. The van der Waals surface area contributed by atoms with Crippen LogP contribution in [0.1, 0.15) is 48.0 Å². The molecule has 2 aliphatic rings. The molecule has 0 saturated heterocycles. The Morgan fingerprint density at radius 2 is 1.72 bits per heavy atom. The minimum atomic E-state index is -4.55. The summed E-state index contributed by atoms with van der Waals surface area (Å²) in [5, 5.41) is 4.57. The average molecular weight is 345 g/mol. The maximum atomic E-state index is 13.4. The molecule has 4 rings (SSSR count). The number of nitrogens with one attached hydrogen (secondary N) is 1. The van der Waals surface area contributed by atoms with E-state index in [0.29, 0.717) is 28.5 Å². The van der Waals surface area contributed by atoms with E-state index in [9.17, 15) is 18.0 Å². The van der Waals surface area contributed by atoms with Crippen LogP contribution >= 0.6 is 0 Å². The minimum absolute atomic E-state index is 0.0897. The van der Waals surface area contributed by atoms with Crippen molar-refractivity contribution in [3.63, 3.8) is 0 Å². The van der Waals surface area contributed by atoms with Crippen molar-refractivity contribution in [2.24, 2.45) is 0 Å². The van der Waals surface area contributed by atoms with Gasteiger partial charge in [-0.1, -0.05) is 43.5 Å². The molecule has 0 aliphatic heterocycles. The molecule has 1 fully saturated rings. The summed E-state index contributed by atoms with van der Waals surface area (Å²) in [7, 11) is 0. The van der Waals surface area contributed by atoms with Gasteiger partial charge in [0.2, 0.25) is 0 Å². The Hall–Kier alpha value is -2.30. The van der Waals surface area contributed by atoms with E-state index in [4.69, 9.17) is 0 Å². The largest absolute Gasteiger partial charge is 0.417 e. The zero-order chi connectivity index (χ0) is 17.6. The van der Waals surface area contributed by atoms with Crippen molar-refractivity contribution < 1.29 is 18.0 Å². The summed E-state index contributed by atoms with van der Waals surface area (Å²) < 4.78 is 40.1. The summed E-state index contributed by atoms with van der Waals surface area (Å²) in [5.41, 5.74) is 0.383. The van der Waals surface area contributed by atoms with Crippen molar-refractivity contribution in [1.82, 2.24) is 0 Å². The number of alkyl halides is 3. The third-order valence-electron chi connectivity index (χ3n) is 5.14. The van der Waals surface area contributed by atoms with E-state index < -0.39 is 17.5 Å². The first-order valence-electron chi connectivity index (χ1n) is 8.61. The van der Waals surface area contributed by atoms with Crippen LogP contribution in [-0.2, 0) is 0 Å². The van der Waals surface area contributed by atoms with Gasteiger partial charge in [0.05, 0.1) is 5.57 Å². The van der Waals surface area contributed by atoms with Crippen molar-refractivity contribution in [3.8, 4) is 0 Å². The number of hydrogen-bond donors (Lipinski definition) is 1. The molecule has 2 aromatic carbocycles. The predicted molar refractivity (Wildman–Crippen MR) is 92.8 cm³/mol. The predicted octanol–water partition coefficient (Wildman–Crippen LogP) is 5.73. The van der Waals surface area contributed by atoms with Gasteiger partial charge in [-0.05, 0) is 30.5 Å². The molecule has 130 valence electrons. The highest BCUT2D eigenvalue weighted by molar-refractivity contribution is 6.23. The summed E-state index contributed by atoms with van der Waals surface area (Å²) in [4.78, 5) is 12.2. The van der Waals surface area contributed by atoms with Gasteiger partial charge in [0, 0.05) is 28.1 Å². The van der Waals surface area contributed by atoms with Gasteiger partial charge in [0.1, 0.15) is 0 Å². The Bertz CT molecular complexity index is 876. The van der Waals surface area contributed by atoms with Crippen LogP contribution < -0.4 is 5.32 Å². The van der Waals surface area contributed by atoms with Gasteiger partial charge in [-0.25, -0.2) is 0 Å². The molecule has 1 saturated carbocycles. The molecular formula is C20H18F3NO. The topological polar surface area (TPSA) is 29.1 Å². The number of carbonyl (C=O) groups excluding carboxylic acids is 1. The summed E-state index contributed by atoms with van der Waals surface area (Å²) in [6.45, 7) is 0. The summed E-state index contributed by atoms with van der Waals surface area (Å²) in [6, 6.07) is 8.66. The van der Waals surface area contributed by atoms with Crippen LogP contribution in [0.2, 0.25) is 0 Å². The highest BCUT2D eigenvalue weighted by Gasteiger charge is 2.39. The fourth-order valence-electron chi connectivity index (χ4n) is 3.95. The van der Waals surface area contributed by atoms with Crippen molar-refractivity contribution in [2.45, 2.75) is 44.3 Å². The minimum Gasteiger partial charge on any atom is -0.382 e. The Kier molecular flexibility index (Phi) is 3.82. The van der Waals surface area contributed by atoms with E-state index in [1.807, 2.05) is 0 Å². The summed E-state index contributed by atoms with van der Waals surface area (Å²) in [5.74, 6) is -0.583. The number of hydrogen-bond acceptors (Lipinski definition) is 2. The molecule has 0 spiro atoms. The third-order valence-corrected chi connectivity index (χ3v) is 5.14. The molecule has 0 amide bonds. The van der Waals surface area contributed by atoms with Crippen molar-refractivity contribution in [1.29, 1.82) is 0 Å². The second-order valence-corrected chi connectivity index (χ2v) is 6.79. The maximum Gasteiger partial charge on any atom is 0.417 e. The van der Waals surface area contributed by atoms with Crippen LogP contribution in [-0.4, -0.2) is 18.0 Å². The van der Waals surface area contributed by atoms with Crippen molar-refractivity contribution >= 4 is 27.8 Å².